The molecule has 1 atom stereocenters. The number of carbonyl (C=O) groups excluding carboxylic acids is 1. The van der Waals surface area contributed by atoms with Crippen molar-refractivity contribution in [1.82, 2.24) is 5.32 Å². The molecule has 0 unspecified atom stereocenters. The third kappa shape index (κ3) is 5.33. The van der Waals surface area contributed by atoms with Crippen LogP contribution in [0.1, 0.15) is 32.4 Å². The second-order valence-electron chi connectivity index (χ2n) is 4.19. The van der Waals surface area contributed by atoms with Crippen molar-refractivity contribution in [2.24, 2.45) is 0 Å². The molecule has 0 saturated heterocycles. The standard InChI is InChI=1S/C13H18BrNO2/c1-9(2)17-13(16)8-15-10(3)11-4-6-12(14)7-5-11/h4-7,9-10,15H,8H2,1-3H3/t10-/m1/s1. The third-order valence-corrected chi connectivity index (χ3v) is 2.82. The number of hydrogen-bond acceptors (Lipinski definition) is 3. The molecule has 0 saturated carbocycles. The predicted octanol–water partition coefficient (Wildman–Crippen LogP) is 3.05. The van der Waals surface area contributed by atoms with Crippen molar-refractivity contribution in [2.75, 3.05) is 6.54 Å². The topological polar surface area (TPSA) is 38.3 Å². The first-order valence-corrected chi connectivity index (χ1v) is 6.46. The van der Waals surface area contributed by atoms with Crippen LogP contribution >= 0.6 is 15.9 Å². The number of halogens is 1. The molecule has 0 bridgehead atoms. The molecule has 1 aromatic rings. The van der Waals surface area contributed by atoms with Gasteiger partial charge in [0.2, 0.25) is 0 Å². The van der Waals surface area contributed by atoms with Gasteiger partial charge < -0.3 is 10.1 Å². The SMILES string of the molecule is CC(C)OC(=O)CN[C@H](C)c1ccc(Br)cc1. The summed E-state index contributed by atoms with van der Waals surface area (Å²) in [5.41, 5.74) is 1.14. The Kier molecular flexibility index (Phi) is 5.65. The highest BCUT2D eigenvalue weighted by molar-refractivity contribution is 9.10. The number of carbonyl (C=O) groups is 1. The Morgan fingerprint density at radius 1 is 1.29 bits per heavy atom. The fraction of sp³-hybridized carbons (Fsp3) is 0.462. The number of esters is 1. The Labute approximate surface area is 111 Å². The van der Waals surface area contributed by atoms with Gasteiger partial charge in [-0.25, -0.2) is 0 Å². The van der Waals surface area contributed by atoms with Crippen molar-refractivity contribution >= 4 is 21.9 Å². The molecule has 0 heterocycles. The van der Waals surface area contributed by atoms with Crippen LogP contribution in [-0.2, 0) is 9.53 Å². The molecule has 0 aliphatic heterocycles. The summed E-state index contributed by atoms with van der Waals surface area (Å²) in [7, 11) is 0. The molecule has 0 fully saturated rings. The average molecular weight is 300 g/mol. The summed E-state index contributed by atoms with van der Waals surface area (Å²) >= 11 is 3.39. The van der Waals surface area contributed by atoms with Gasteiger partial charge in [-0.1, -0.05) is 28.1 Å². The maximum Gasteiger partial charge on any atom is 0.320 e. The number of hydrogen-bond donors (Lipinski definition) is 1. The zero-order valence-corrected chi connectivity index (χ0v) is 12.0. The molecule has 1 rings (SSSR count). The lowest BCUT2D eigenvalue weighted by Crippen LogP contribution is -2.28. The van der Waals surface area contributed by atoms with Crippen molar-refractivity contribution in [3.05, 3.63) is 34.3 Å². The van der Waals surface area contributed by atoms with E-state index in [0.717, 1.165) is 10.0 Å². The maximum absolute atomic E-state index is 11.4. The Bertz CT molecular complexity index is 362. The van der Waals surface area contributed by atoms with Gasteiger partial charge in [-0.05, 0) is 38.5 Å². The normalized spacial score (nSPS) is 12.5. The Morgan fingerprint density at radius 3 is 2.41 bits per heavy atom. The van der Waals surface area contributed by atoms with E-state index in [1.165, 1.54) is 0 Å². The molecular formula is C13H18BrNO2. The van der Waals surface area contributed by atoms with Crippen LogP contribution in [0.3, 0.4) is 0 Å². The highest BCUT2D eigenvalue weighted by atomic mass is 79.9. The van der Waals surface area contributed by atoms with E-state index in [9.17, 15) is 4.79 Å². The van der Waals surface area contributed by atoms with Crippen LogP contribution in [-0.4, -0.2) is 18.6 Å². The molecule has 0 spiro atoms. The molecule has 1 aromatic carbocycles. The largest absolute Gasteiger partial charge is 0.462 e. The zero-order valence-electron chi connectivity index (χ0n) is 10.4. The van der Waals surface area contributed by atoms with Crippen LogP contribution in [0.5, 0.6) is 0 Å². The third-order valence-electron chi connectivity index (χ3n) is 2.29. The lowest BCUT2D eigenvalue weighted by molar-refractivity contribution is -0.146. The molecule has 0 amide bonds. The molecular weight excluding hydrogens is 282 g/mol. The van der Waals surface area contributed by atoms with Crippen LogP contribution in [0, 0.1) is 0 Å². The monoisotopic (exact) mass is 299 g/mol. The van der Waals surface area contributed by atoms with Crippen LogP contribution in [0.15, 0.2) is 28.7 Å². The van der Waals surface area contributed by atoms with Crippen molar-refractivity contribution in [3.63, 3.8) is 0 Å². The summed E-state index contributed by atoms with van der Waals surface area (Å²) in [5.74, 6) is -0.219. The van der Waals surface area contributed by atoms with Gasteiger partial charge in [-0.15, -0.1) is 0 Å². The molecule has 0 radical (unpaired) electrons. The number of nitrogens with one attached hydrogen (secondary N) is 1. The highest BCUT2D eigenvalue weighted by Gasteiger charge is 2.09. The van der Waals surface area contributed by atoms with Crippen LogP contribution < -0.4 is 5.32 Å². The molecule has 1 N–H and O–H groups in total. The van der Waals surface area contributed by atoms with Gasteiger partial charge in [-0.2, -0.15) is 0 Å². The van der Waals surface area contributed by atoms with Crippen molar-refractivity contribution in [1.29, 1.82) is 0 Å². The van der Waals surface area contributed by atoms with Crippen molar-refractivity contribution < 1.29 is 9.53 Å². The lowest BCUT2D eigenvalue weighted by atomic mass is 10.1. The minimum Gasteiger partial charge on any atom is -0.462 e. The molecule has 17 heavy (non-hydrogen) atoms. The van der Waals surface area contributed by atoms with Gasteiger partial charge in [0, 0.05) is 10.5 Å². The summed E-state index contributed by atoms with van der Waals surface area (Å²) in [6.07, 6.45) is -0.0627. The molecule has 4 heteroatoms. The first-order valence-electron chi connectivity index (χ1n) is 5.67. The number of ether oxygens (including phenoxy) is 1. The van der Waals surface area contributed by atoms with E-state index in [4.69, 9.17) is 4.74 Å². The van der Waals surface area contributed by atoms with E-state index in [1.807, 2.05) is 45.0 Å². The van der Waals surface area contributed by atoms with E-state index in [2.05, 4.69) is 21.2 Å². The summed E-state index contributed by atoms with van der Waals surface area (Å²) < 4.78 is 6.10. The molecule has 0 aliphatic rings. The van der Waals surface area contributed by atoms with Crippen LogP contribution in [0.2, 0.25) is 0 Å². The molecule has 3 nitrogen and oxygen atoms in total. The van der Waals surface area contributed by atoms with Gasteiger partial charge in [-0.3, -0.25) is 4.79 Å². The Hall–Kier alpha value is -0.870. The smallest absolute Gasteiger partial charge is 0.320 e. The zero-order chi connectivity index (χ0) is 12.8. The Morgan fingerprint density at radius 2 is 1.88 bits per heavy atom. The summed E-state index contributed by atoms with van der Waals surface area (Å²) in [5, 5.41) is 3.13. The first-order chi connectivity index (χ1) is 7.99. The van der Waals surface area contributed by atoms with E-state index in [0.29, 0.717) is 0 Å². The summed E-state index contributed by atoms with van der Waals surface area (Å²) in [4.78, 5) is 11.4. The summed E-state index contributed by atoms with van der Waals surface area (Å²) in [6, 6.07) is 8.15. The van der Waals surface area contributed by atoms with Gasteiger partial charge >= 0.3 is 5.97 Å². The minimum absolute atomic E-state index is 0.0627. The molecule has 0 aromatic heterocycles. The second-order valence-corrected chi connectivity index (χ2v) is 5.11. The molecule has 94 valence electrons. The fourth-order valence-electron chi connectivity index (χ4n) is 1.41. The van der Waals surface area contributed by atoms with E-state index in [-0.39, 0.29) is 24.7 Å². The lowest BCUT2D eigenvalue weighted by Gasteiger charge is -2.14. The van der Waals surface area contributed by atoms with E-state index < -0.39 is 0 Å². The number of benzene rings is 1. The Balaban J connectivity index is 2.42. The first kappa shape index (κ1) is 14.2. The van der Waals surface area contributed by atoms with Gasteiger partial charge in [0.1, 0.15) is 0 Å². The highest BCUT2D eigenvalue weighted by Crippen LogP contribution is 2.16. The van der Waals surface area contributed by atoms with Gasteiger partial charge in [0.15, 0.2) is 0 Å². The van der Waals surface area contributed by atoms with Crippen LogP contribution in [0.25, 0.3) is 0 Å². The van der Waals surface area contributed by atoms with Crippen LogP contribution in [0.4, 0.5) is 0 Å². The summed E-state index contributed by atoms with van der Waals surface area (Å²) in [6.45, 7) is 5.94. The van der Waals surface area contributed by atoms with E-state index >= 15 is 0 Å². The van der Waals surface area contributed by atoms with Gasteiger partial charge in [0.05, 0.1) is 12.6 Å². The van der Waals surface area contributed by atoms with E-state index in [1.54, 1.807) is 0 Å². The maximum atomic E-state index is 11.4. The second kappa shape index (κ2) is 6.77. The minimum atomic E-state index is -0.219. The van der Waals surface area contributed by atoms with Crippen molar-refractivity contribution in [2.45, 2.75) is 32.9 Å². The average Bonchev–Trinajstić information content (AvgIpc) is 2.26. The van der Waals surface area contributed by atoms with Crippen molar-refractivity contribution in [3.8, 4) is 0 Å². The molecule has 0 aliphatic carbocycles. The number of rotatable bonds is 5. The van der Waals surface area contributed by atoms with Gasteiger partial charge in [0.25, 0.3) is 0 Å². The predicted molar refractivity (Wildman–Crippen MR) is 71.8 cm³/mol. The fourth-order valence-corrected chi connectivity index (χ4v) is 1.67. The quantitative estimate of drug-likeness (QED) is 0.849.